The second kappa shape index (κ2) is 6.45. The second-order valence-corrected chi connectivity index (χ2v) is 10.1. The minimum atomic E-state index is -3.11. The number of aliphatic imine (C=N–C) groups is 1. The number of carbonyl (C=O) groups excluding carboxylic acids is 1. The van der Waals surface area contributed by atoms with Crippen LogP contribution in [-0.4, -0.2) is 56.5 Å². The van der Waals surface area contributed by atoms with Gasteiger partial charge in [0.05, 0.1) is 37.5 Å². The highest BCUT2D eigenvalue weighted by molar-refractivity contribution is 8.16. The smallest absolute Gasteiger partial charge is 0.251 e. The van der Waals surface area contributed by atoms with E-state index in [1.54, 1.807) is 32.4 Å². The molecule has 3 fully saturated rings. The molecule has 1 aromatic rings. The first-order valence-electron chi connectivity index (χ1n) is 8.43. The van der Waals surface area contributed by atoms with Gasteiger partial charge in [-0.3, -0.25) is 4.79 Å². The van der Waals surface area contributed by atoms with Crippen LogP contribution in [0.1, 0.15) is 12.8 Å². The molecule has 1 aromatic carbocycles. The third-order valence-corrected chi connectivity index (χ3v) is 8.05. The summed E-state index contributed by atoms with van der Waals surface area (Å²) in [4.78, 5) is 18.4. The van der Waals surface area contributed by atoms with Crippen molar-refractivity contribution in [1.29, 1.82) is 0 Å². The predicted molar refractivity (Wildman–Crippen MR) is 101 cm³/mol. The molecule has 0 spiro atoms. The van der Waals surface area contributed by atoms with E-state index < -0.39 is 9.84 Å². The zero-order chi connectivity index (χ0) is 18.5. The average Bonchev–Trinajstić information content (AvgIpc) is 3.35. The van der Waals surface area contributed by atoms with Crippen LogP contribution in [0.25, 0.3) is 0 Å². The Kier molecular flexibility index (Phi) is 4.38. The van der Waals surface area contributed by atoms with Crippen molar-refractivity contribution in [2.45, 2.75) is 24.1 Å². The summed E-state index contributed by atoms with van der Waals surface area (Å²) in [6.45, 7) is 0. The number of thioether (sulfide) groups is 1. The Hall–Kier alpha value is -1.74. The van der Waals surface area contributed by atoms with E-state index in [1.165, 1.54) is 11.8 Å². The summed E-state index contributed by atoms with van der Waals surface area (Å²) >= 11 is 1.37. The predicted octanol–water partition coefficient (Wildman–Crippen LogP) is 1.72. The summed E-state index contributed by atoms with van der Waals surface area (Å²) in [6.07, 6.45) is 1.76. The number of amides is 1. The lowest BCUT2D eigenvalue weighted by Crippen LogP contribution is -2.38. The number of hydrogen-bond donors (Lipinski definition) is 0. The number of benzene rings is 1. The molecule has 1 aliphatic carbocycles. The molecule has 4 rings (SSSR count). The minimum Gasteiger partial charge on any atom is -0.497 e. The Morgan fingerprint density at radius 2 is 2.00 bits per heavy atom. The van der Waals surface area contributed by atoms with Crippen LogP contribution in [-0.2, 0) is 14.6 Å². The summed E-state index contributed by atoms with van der Waals surface area (Å²) in [6, 6.07) is 5.08. The van der Waals surface area contributed by atoms with Gasteiger partial charge >= 0.3 is 0 Å². The van der Waals surface area contributed by atoms with Crippen molar-refractivity contribution in [2.75, 3.05) is 30.6 Å². The van der Waals surface area contributed by atoms with Crippen LogP contribution >= 0.6 is 11.8 Å². The lowest BCUT2D eigenvalue weighted by atomic mass is 10.2. The largest absolute Gasteiger partial charge is 0.497 e. The number of carbonyl (C=O) groups is 1. The average molecular weight is 396 g/mol. The van der Waals surface area contributed by atoms with E-state index >= 15 is 0 Å². The molecule has 3 aliphatic rings. The van der Waals surface area contributed by atoms with Gasteiger partial charge in [0.15, 0.2) is 15.0 Å². The van der Waals surface area contributed by atoms with Crippen LogP contribution in [0, 0.1) is 5.92 Å². The molecule has 9 heteroatoms. The number of sulfone groups is 1. The van der Waals surface area contributed by atoms with Gasteiger partial charge in [0, 0.05) is 17.2 Å². The number of nitrogens with zero attached hydrogens (tertiary/aromatic N) is 2. The third-order valence-electron chi connectivity index (χ3n) is 4.84. The molecule has 1 amide bonds. The van der Waals surface area contributed by atoms with Crippen LogP contribution in [0.3, 0.4) is 0 Å². The topological polar surface area (TPSA) is 85.3 Å². The van der Waals surface area contributed by atoms with E-state index in [0.717, 1.165) is 12.8 Å². The summed E-state index contributed by atoms with van der Waals surface area (Å²) in [5, 5.41) is 0.417. The first kappa shape index (κ1) is 17.7. The number of methoxy groups -OCH3 is 2. The van der Waals surface area contributed by atoms with Crippen LogP contribution < -0.4 is 14.4 Å². The van der Waals surface area contributed by atoms with Crippen molar-refractivity contribution in [3.63, 3.8) is 0 Å². The molecule has 0 N–H and O–H groups in total. The van der Waals surface area contributed by atoms with Gasteiger partial charge in [0.1, 0.15) is 11.5 Å². The molecule has 1 saturated carbocycles. The molecule has 2 saturated heterocycles. The number of rotatable bonds is 4. The van der Waals surface area contributed by atoms with Gasteiger partial charge in [0.2, 0.25) is 0 Å². The highest BCUT2D eigenvalue weighted by Gasteiger charge is 2.50. The van der Waals surface area contributed by atoms with Gasteiger partial charge in [0.25, 0.3) is 5.91 Å². The van der Waals surface area contributed by atoms with Crippen molar-refractivity contribution in [3.05, 3.63) is 18.2 Å². The number of amidine groups is 1. The molecule has 0 radical (unpaired) electrons. The summed E-state index contributed by atoms with van der Waals surface area (Å²) < 4.78 is 35.1. The first-order valence-corrected chi connectivity index (χ1v) is 11.1. The molecule has 2 aliphatic heterocycles. The molecule has 7 nitrogen and oxygen atoms in total. The van der Waals surface area contributed by atoms with Crippen molar-refractivity contribution >= 4 is 38.4 Å². The maximum atomic E-state index is 12.3. The van der Waals surface area contributed by atoms with Gasteiger partial charge < -0.3 is 14.4 Å². The van der Waals surface area contributed by atoms with Crippen molar-refractivity contribution in [3.8, 4) is 11.5 Å². The molecule has 2 heterocycles. The van der Waals surface area contributed by atoms with Gasteiger partial charge in [-0.15, -0.1) is 0 Å². The standard InChI is InChI=1S/C17H20N2O5S2/c1-23-11-5-6-14(24-2)12(7-11)19-13-8-26(21,22)9-15(13)25-17(19)18-16(20)10-3-4-10/h5-7,10,13,15H,3-4,8-9H2,1-2H3/t13-,15+/m1/s1. The minimum absolute atomic E-state index is 0.0151. The van der Waals surface area contributed by atoms with Gasteiger partial charge in [-0.05, 0) is 25.0 Å². The monoisotopic (exact) mass is 396 g/mol. The molecular formula is C17H20N2O5S2. The zero-order valence-corrected chi connectivity index (χ0v) is 16.2. The molecule has 140 valence electrons. The molecular weight excluding hydrogens is 376 g/mol. The quantitative estimate of drug-likeness (QED) is 0.766. The Morgan fingerprint density at radius 1 is 1.23 bits per heavy atom. The van der Waals surface area contributed by atoms with E-state index in [9.17, 15) is 13.2 Å². The summed E-state index contributed by atoms with van der Waals surface area (Å²) in [7, 11) is 0.0153. The Labute approximate surface area is 156 Å². The molecule has 0 unspecified atom stereocenters. The van der Waals surface area contributed by atoms with Crippen LogP contribution in [0.4, 0.5) is 5.69 Å². The normalized spacial score (nSPS) is 28.2. The molecule has 0 aromatic heterocycles. The summed E-state index contributed by atoms with van der Waals surface area (Å²) in [5.41, 5.74) is 0.672. The lowest BCUT2D eigenvalue weighted by Gasteiger charge is -2.26. The van der Waals surface area contributed by atoms with Crippen molar-refractivity contribution in [2.24, 2.45) is 10.9 Å². The van der Waals surface area contributed by atoms with Crippen LogP contribution in [0.5, 0.6) is 11.5 Å². The maximum Gasteiger partial charge on any atom is 0.251 e. The molecule has 2 atom stereocenters. The Balaban J connectivity index is 1.79. The summed E-state index contributed by atoms with van der Waals surface area (Å²) in [5.74, 6) is 1.25. The van der Waals surface area contributed by atoms with E-state index in [4.69, 9.17) is 9.47 Å². The fraction of sp³-hybridized carbons (Fsp3) is 0.529. The van der Waals surface area contributed by atoms with Gasteiger partial charge in [-0.25, -0.2) is 8.42 Å². The molecule has 26 heavy (non-hydrogen) atoms. The Morgan fingerprint density at radius 3 is 2.65 bits per heavy atom. The molecule has 0 bridgehead atoms. The van der Waals surface area contributed by atoms with Crippen molar-refractivity contribution < 1.29 is 22.7 Å². The van der Waals surface area contributed by atoms with E-state index in [-0.39, 0.29) is 34.6 Å². The van der Waals surface area contributed by atoms with E-state index in [2.05, 4.69) is 4.99 Å². The fourth-order valence-corrected chi connectivity index (χ4v) is 7.26. The third kappa shape index (κ3) is 3.18. The highest BCUT2D eigenvalue weighted by Crippen LogP contribution is 2.45. The SMILES string of the molecule is COc1ccc(OC)c(N2C(=NC(=O)C3CC3)S[C@H]3CS(=O)(=O)C[C@H]32)c1. The zero-order valence-electron chi connectivity index (χ0n) is 14.5. The number of fused-ring (bicyclic) bond motifs is 1. The fourth-order valence-electron chi connectivity index (χ4n) is 3.35. The van der Waals surface area contributed by atoms with Gasteiger partial charge in [-0.1, -0.05) is 11.8 Å². The van der Waals surface area contributed by atoms with Crippen LogP contribution in [0.2, 0.25) is 0 Å². The highest BCUT2D eigenvalue weighted by atomic mass is 32.2. The maximum absolute atomic E-state index is 12.3. The van der Waals surface area contributed by atoms with Gasteiger partial charge in [-0.2, -0.15) is 4.99 Å². The number of ether oxygens (including phenoxy) is 2. The number of anilines is 1. The number of hydrogen-bond acceptors (Lipinski definition) is 6. The lowest BCUT2D eigenvalue weighted by molar-refractivity contribution is -0.118. The van der Waals surface area contributed by atoms with Crippen LogP contribution in [0.15, 0.2) is 23.2 Å². The first-order chi connectivity index (χ1) is 12.4. The van der Waals surface area contributed by atoms with E-state index in [1.807, 2.05) is 4.90 Å². The van der Waals surface area contributed by atoms with E-state index in [0.29, 0.717) is 22.4 Å². The van der Waals surface area contributed by atoms with Crippen molar-refractivity contribution in [1.82, 2.24) is 0 Å². The second-order valence-electron chi connectivity index (χ2n) is 6.72. The Bertz CT molecular complexity index is 879.